The van der Waals surface area contributed by atoms with E-state index in [9.17, 15) is 9.59 Å². The molecule has 0 radical (unpaired) electrons. The number of nitrogens with zero attached hydrogens (tertiary/aromatic N) is 4. The number of carbonyl (C=O) groups excluding carboxylic acids is 2. The number of ketones is 1. The molecular weight excluding hydrogens is 456 g/mol. The van der Waals surface area contributed by atoms with Gasteiger partial charge in [-0.25, -0.2) is 4.68 Å². The van der Waals surface area contributed by atoms with Gasteiger partial charge in [-0.3, -0.25) is 9.59 Å². The highest BCUT2D eigenvalue weighted by Gasteiger charge is 2.25. The van der Waals surface area contributed by atoms with E-state index in [4.69, 9.17) is 11.6 Å². The second kappa shape index (κ2) is 8.65. The number of anilines is 1. The van der Waals surface area contributed by atoms with Crippen molar-refractivity contribution in [2.24, 2.45) is 0 Å². The number of fused-ring (bicyclic) bond motifs is 1. The number of halogens is 1. The molecule has 1 amide bonds. The maximum Gasteiger partial charge on any atom is 0.264 e. The Hall–Kier alpha value is -3.16. The first kappa shape index (κ1) is 21.7. The molecular formula is C25H23ClN4O2S. The Kier molecular flexibility index (Phi) is 5.68. The zero-order valence-electron chi connectivity index (χ0n) is 18.4. The number of aromatic nitrogens is 2. The van der Waals surface area contributed by atoms with Crippen LogP contribution in [0.5, 0.6) is 0 Å². The lowest BCUT2D eigenvalue weighted by molar-refractivity contribution is 0.0751. The van der Waals surface area contributed by atoms with Crippen LogP contribution in [0.4, 0.5) is 5.69 Å². The van der Waals surface area contributed by atoms with E-state index in [1.54, 1.807) is 6.92 Å². The van der Waals surface area contributed by atoms with Crippen molar-refractivity contribution in [2.75, 3.05) is 31.1 Å². The fourth-order valence-electron chi connectivity index (χ4n) is 4.17. The van der Waals surface area contributed by atoms with E-state index in [-0.39, 0.29) is 11.7 Å². The fourth-order valence-corrected chi connectivity index (χ4v) is 5.53. The van der Waals surface area contributed by atoms with Gasteiger partial charge in [0, 0.05) is 42.8 Å². The van der Waals surface area contributed by atoms with Gasteiger partial charge >= 0.3 is 0 Å². The normalized spacial score (nSPS) is 14.2. The minimum absolute atomic E-state index is 0.0490. The number of rotatable bonds is 4. The smallest absolute Gasteiger partial charge is 0.264 e. The van der Waals surface area contributed by atoms with Gasteiger partial charge in [0.2, 0.25) is 0 Å². The number of carbonyl (C=O) groups is 2. The molecule has 0 spiro atoms. The molecule has 0 saturated carbocycles. The zero-order chi connectivity index (χ0) is 23.1. The Morgan fingerprint density at radius 1 is 1.00 bits per heavy atom. The molecule has 0 atom stereocenters. The number of hydrogen-bond donors (Lipinski definition) is 0. The van der Waals surface area contributed by atoms with Crippen molar-refractivity contribution in [3.05, 3.63) is 75.8 Å². The number of benzene rings is 2. The van der Waals surface area contributed by atoms with Crippen molar-refractivity contribution in [3.63, 3.8) is 0 Å². The SMILES string of the molecule is CC(=O)c1ccc(N2CCN(C(=O)c3cc4c(C)nn(-c5ccccc5Cl)c4s3)CC2)cc1. The highest BCUT2D eigenvalue weighted by molar-refractivity contribution is 7.20. The summed E-state index contributed by atoms with van der Waals surface area (Å²) in [7, 11) is 0. The Morgan fingerprint density at radius 3 is 2.36 bits per heavy atom. The van der Waals surface area contributed by atoms with Crippen LogP contribution in [0.1, 0.15) is 32.6 Å². The third-order valence-electron chi connectivity index (χ3n) is 6.04. The van der Waals surface area contributed by atoms with Crippen LogP contribution in [-0.2, 0) is 0 Å². The summed E-state index contributed by atoms with van der Waals surface area (Å²) in [4.78, 5) is 30.6. The Balaban J connectivity index is 1.33. The number of para-hydroxylation sites is 1. The number of aryl methyl sites for hydroxylation is 1. The second-order valence-corrected chi connectivity index (χ2v) is 9.60. The molecule has 168 valence electrons. The van der Waals surface area contributed by atoms with E-state index in [0.29, 0.717) is 28.6 Å². The lowest BCUT2D eigenvalue weighted by Gasteiger charge is -2.36. The molecule has 4 aromatic rings. The summed E-state index contributed by atoms with van der Waals surface area (Å²) in [6.07, 6.45) is 0. The Bertz CT molecular complexity index is 1350. The van der Waals surface area contributed by atoms with E-state index >= 15 is 0 Å². The molecule has 5 rings (SSSR count). The highest BCUT2D eigenvalue weighted by Crippen LogP contribution is 2.33. The molecule has 0 N–H and O–H groups in total. The first-order valence-electron chi connectivity index (χ1n) is 10.8. The number of amides is 1. The number of piperazine rings is 1. The van der Waals surface area contributed by atoms with Crippen molar-refractivity contribution >= 4 is 50.5 Å². The monoisotopic (exact) mass is 478 g/mol. The summed E-state index contributed by atoms with van der Waals surface area (Å²) in [6, 6.07) is 17.2. The predicted molar refractivity (Wildman–Crippen MR) is 133 cm³/mol. The van der Waals surface area contributed by atoms with Gasteiger partial charge in [-0.2, -0.15) is 5.10 Å². The van der Waals surface area contributed by atoms with E-state index in [0.717, 1.165) is 40.4 Å². The summed E-state index contributed by atoms with van der Waals surface area (Å²) in [6.45, 7) is 6.33. The first-order chi connectivity index (χ1) is 15.9. The van der Waals surface area contributed by atoms with Crippen LogP contribution in [0.2, 0.25) is 5.02 Å². The molecule has 1 aliphatic rings. The lowest BCUT2D eigenvalue weighted by Crippen LogP contribution is -2.48. The third kappa shape index (κ3) is 4.03. The third-order valence-corrected chi connectivity index (χ3v) is 7.46. The Morgan fingerprint density at radius 2 is 1.70 bits per heavy atom. The van der Waals surface area contributed by atoms with Gasteiger partial charge in [-0.15, -0.1) is 11.3 Å². The van der Waals surface area contributed by atoms with E-state index in [1.807, 2.05) is 71.1 Å². The van der Waals surface area contributed by atoms with Crippen molar-refractivity contribution in [2.45, 2.75) is 13.8 Å². The van der Waals surface area contributed by atoms with Crippen molar-refractivity contribution in [3.8, 4) is 5.69 Å². The standard InChI is InChI=1S/C25H23ClN4O2S/c1-16-20-15-23(33-25(20)30(27-16)22-6-4-3-5-21(22)26)24(32)29-13-11-28(12-14-29)19-9-7-18(8-10-19)17(2)31/h3-10,15H,11-14H2,1-2H3. The minimum Gasteiger partial charge on any atom is -0.368 e. The van der Waals surface area contributed by atoms with Crippen LogP contribution in [0.25, 0.3) is 15.9 Å². The molecule has 1 fully saturated rings. The average Bonchev–Trinajstić information content (AvgIpc) is 3.40. The quantitative estimate of drug-likeness (QED) is 0.377. The van der Waals surface area contributed by atoms with Crippen LogP contribution in [-0.4, -0.2) is 52.5 Å². The molecule has 6 nitrogen and oxygen atoms in total. The topological polar surface area (TPSA) is 58.4 Å². The summed E-state index contributed by atoms with van der Waals surface area (Å²) >= 11 is 7.85. The largest absolute Gasteiger partial charge is 0.368 e. The molecule has 0 unspecified atom stereocenters. The molecule has 0 bridgehead atoms. The van der Waals surface area contributed by atoms with Gasteiger partial charge in [0.15, 0.2) is 5.78 Å². The van der Waals surface area contributed by atoms with Crippen LogP contribution >= 0.6 is 22.9 Å². The van der Waals surface area contributed by atoms with Crippen LogP contribution < -0.4 is 4.90 Å². The Labute approximate surface area is 201 Å². The lowest BCUT2D eigenvalue weighted by atomic mass is 10.1. The summed E-state index contributed by atoms with van der Waals surface area (Å²) in [5.74, 6) is 0.112. The van der Waals surface area contributed by atoms with Crippen molar-refractivity contribution in [1.29, 1.82) is 0 Å². The molecule has 2 aromatic carbocycles. The van der Waals surface area contributed by atoms with Crippen LogP contribution in [0, 0.1) is 6.92 Å². The fraction of sp³-hybridized carbons (Fsp3) is 0.240. The van der Waals surface area contributed by atoms with Gasteiger partial charge < -0.3 is 9.80 Å². The first-order valence-corrected chi connectivity index (χ1v) is 12.0. The average molecular weight is 479 g/mol. The maximum absolute atomic E-state index is 13.3. The predicted octanol–water partition coefficient (Wildman–Crippen LogP) is 5.21. The van der Waals surface area contributed by atoms with Crippen molar-refractivity contribution < 1.29 is 9.59 Å². The van der Waals surface area contributed by atoms with Crippen LogP contribution in [0.15, 0.2) is 54.6 Å². The number of thiophene rings is 1. The van der Waals surface area contributed by atoms with E-state index in [2.05, 4.69) is 10.00 Å². The van der Waals surface area contributed by atoms with E-state index in [1.165, 1.54) is 11.3 Å². The zero-order valence-corrected chi connectivity index (χ0v) is 20.0. The second-order valence-electron chi connectivity index (χ2n) is 8.16. The van der Waals surface area contributed by atoms with E-state index < -0.39 is 0 Å². The van der Waals surface area contributed by atoms with Gasteiger partial charge in [0.1, 0.15) is 4.83 Å². The van der Waals surface area contributed by atoms with Gasteiger partial charge in [0.25, 0.3) is 5.91 Å². The number of Topliss-reactive ketones (excluding diaryl/α,β-unsaturated/α-hetero) is 1. The van der Waals surface area contributed by atoms with Gasteiger partial charge in [-0.1, -0.05) is 23.7 Å². The summed E-state index contributed by atoms with van der Waals surface area (Å²) in [5, 5.41) is 6.24. The van der Waals surface area contributed by atoms with Gasteiger partial charge in [0.05, 0.1) is 21.3 Å². The van der Waals surface area contributed by atoms with Crippen LogP contribution in [0.3, 0.4) is 0 Å². The molecule has 1 aliphatic heterocycles. The summed E-state index contributed by atoms with van der Waals surface area (Å²) in [5.41, 5.74) is 3.47. The molecule has 3 heterocycles. The molecule has 1 saturated heterocycles. The molecule has 8 heteroatoms. The van der Waals surface area contributed by atoms with Crippen molar-refractivity contribution in [1.82, 2.24) is 14.7 Å². The maximum atomic E-state index is 13.3. The molecule has 33 heavy (non-hydrogen) atoms. The van der Waals surface area contributed by atoms with Gasteiger partial charge in [-0.05, 0) is 56.3 Å². The number of hydrogen-bond acceptors (Lipinski definition) is 5. The highest BCUT2D eigenvalue weighted by atomic mass is 35.5. The molecule has 2 aromatic heterocycles. The summed E-state index contributed by atoms with van der Waals surface area (Å²) < 4.78 is 1.83. The minimum atomic E-state index is 0.0490. The molecule has 0 aliphatic carbocycles.